The molecule has 0 saturated heterocycles. The van der Waals surface area contributed by atoms with Gasteiger partial charge in [0, 0.05) is 31.5 Å². The van der Waals surface area contributed by atoms with Gasteiger partial charge in [0.15, 0.2) is 0 Å². The molecule has 0 aliphatic rings. The third-order valence-electron chi connectivity index (χ3n) is 4.73. The van der Waals surface area contributed by atoms with E-state index in [1.165, 1.54) is 12.4 Å². The zero-order chi connectivity index (χ0) is 22.7. The Morgan fingerprint density at radius 3 is 2.53 bits per heavy atom. The summed E-state index contributed by atoms with van der Waals surface area (Å²) >= 11 is 0. The molecular formula is C22H18F3N5O2. The zero-order valence-electron chi connectivity index (χ0n) is 16.9. The first-order valence-corrected chi connectivity index (χ1v) is 9.65. The molecule has 1 N–H and O–H groups in total. The number of hydrogen-bond donors (Lipinski definition) is 1. The highest BCUT2D eigenvalue weighted by Gasteiger charge is 2.31. The molecule has 0 spiro atoms. The number of anilines is 1. The number of ether oxygens (including phenoxy) is 1. The Kier molecular flexibility index (Phi) is 5.76. The molecule has 7 nitrogen and oxygen atoms in total. The topological polar surface area (TPSA) is 81.9 Å². The maximum atomic E-state index is 12.6. The number of pyridine rings is 1. The van der Waals surface area contributed by atoms with Crippen LogP contribution in [0.4, 0.5) is 18.9 Å². The Hall–Kier alpha value is -3.95. The average molecular weight is 441 g/mol. The van der Waals surface area contributed by atoms with Crippen molar-refractivity contribution in [3.05, 3.63) is 72.4 Å². The number of aryl methyl sites for hydroxylation is 2. The predicted octanol–water partition coefficient (Wildman–Crippen LogP) is 4.75. The molecule has 10 heteroatoms. The molecule has 3 aromatic heterocycles. The average Bonchev–Trinajstić information content (AvgIpc) is 3.15. The number of carbonyl (C=O) groups is 1. The van der Waals surface area contributed by atoms with Crippen molar-refractivity contribution in [1.82, 2.24) is 19.5 Å². The molecule has 4 aromatic rings. The molecule has 3 heterocycles. The smallest absolute Gasteiger partial charge is 0.433 e. The lowest BCUT2D eigenvalue weighted by Crippen LogP contribution is -2.12. The number of aromatic nitrogens is 4. The highest BCUT2D eigenvalue weighted by atomic mass is 19.4. The van der Waals surface area contributed by atoms with Crippen molar-refractivity contribution in [2.45, 2.75) is 19.0 Å². The highest BCUT2D eigenvalue weighted by Crippen LogP contribution is 2.28. The van der Waals surface area contributed by atoms with Gasteiger partial charge in [-0.05, 0) is 48.4 Å². The van der Waals surface area contributed by atoms with Gasteiger partial charge in [0.2, 0.25) is 11.8 Å². The van der Waals surface area contributed by atoms with Gasteiger partial charge >= 0.3 is 6.18 Å². The number of amides is 1. The van der Waals surface area contributed by atoms with Crippen molar-refractivity contribution in [1.29, 1.82) is 0 Å². The molecule has 0 bridgehead atoms. The second-order valence-corrected chi connectivity index (χ2v) is 7.07. The molecule has 0 aliphatic carbocycles. The van der Waals surface area contributed by atoms with Crippen molar-refractivity contribution in [2.75, 3.05) is 5.32 Å². The first-order valence-electron chi connectivity index (χ1n) is 9.65. The van der Waals surface area contributed by atoms with E-state index >= 15 is 0 Å². The quantitative estimate of drug-likeness (QED) is 0.467. The summed E-state index contributed by atoms with van der Waals surface area (Å²) in [5.74, 6) is 0.709. The van der Waals surface area contributed by atoms with E-state index < -0.39 is 11.9 Å². The number of alkyl halides is 3. The standard InChI is InChI=1S/C22H18F3N5O2/c1-30-11-10-17-20(30)27-13-28-21(17)32-16-6-4-15(5-7-16)29-19(31)9-3-14-2-8-18(26-12-14)22(23,24)25/h2,4-8,10-13H,3,9H2,1H3,(H,29,31). The Morgan fingerprint density at radius 2 is 1.84 bits per heavy atom. The predicted molar refractivity (Wildman–Crippen MR) is 111 cm³/mol. The molecule has 0 fully saturated rings. The van der Waals surface area contributed by atoms with Crippen LogP contribution in [0.5, 0.6) is 11.6 Å². The number of nitrogens with zero attached hydrogens (tertiary/aromatic N) is 4. The van der Waals surface area contributed by atoms with Crippen LogP contribution in [0.1, 0.15) is 17.7 Å². The van der Waals surface area contributed by atoms with E-state index in [1.54, 1.807) is 24.3 Å². The number of hydrogen-bond acceptors (Lipinski definition) is 5. The molecule has 0 aliphatic heterocycles. The van der Waals surface area contributed by atoms with Crippen LogP contribution in [0, 0.1) is 0 Å². The lowest BCUT2D eigenvalue weighted by Gasteiger charge is -2.09. The van der Waals surface area contributed by atoms with Crippen LogP contribution in [-0.4, -0.2) is 25.4 Å². The van der Waals surface area contributed by atoms with Gasteiger partial charge in [-0.15, -0.1) is 0 Å². The van der Waals surface area contributed by atoms with Crippen molar-refractivity contribution in [3.63, 3.8) is 0 Å². The first kappa shape index (κ1) is 21.3. The molecule has 1 aromatic carbocycles. The van der Waals surface area contributed by atoms with Crippen molar-refractivity contribution in [3.8, 4) is 11.6 Å². The monoisotopic (exact) mass is 441 g/mol. The number of nitrogens with one attached hydrogen (secondary N) is 1. The molecule has 0 radical (unpaired) electrons. The van der Waals surface area contributed by atoms with Gasteiger partial charge in [-0.1, -0.05) is 6.07 Å². The molecular weight excluding hydrogens is 423 g/mol. The minimum atomic E-state index is -4.48. The van der Waals surface area contributed by atoms with Crippen LogP contribution < -0.4 is 10.1 Å². The maximum Gasteiger partial charge on any atom is 0.433 e. The van der Waals surface area contributed by atoms with Gasteiger partial charge in [0.05, 0.1) is 5.39 Å². The largest absolute Gasteiger partial charge is 0.438 e. The fraction of sp³-hybridized carbons (Fsp3) is 0.182. The summed E-state index contributed by atoms with van der Waals surface area (Å²) in [6, 6.07) is 10.9. The van der Waals surface area contributed by atoms with Crippen molar-refractivity contribution < 1.29 is 22.7 Å². The summed E-state index contributed by atoms with van der Waals surface area (Å²) in [7, 11) is 1.88. The van der Waals surface area contributed by atoms with Crippen LogP contribution in [0.3, 0.4) is 0 Å². The Labute approximate surface area is 180 Å². The second-order valence-electron chi connectivity index (χ2n) is 7.07. The van der Waals surface area contributed by atoms with Crippen molar-refractivity contribution in [2.24, 2.45) is 7.05 Å². The Morgan fingerprint density at radius 1 is 1.06 bits per heavy atom. The first-order chi connectivity index (χ1) is 15.3. The highest BCUT2D eigenvalue weighted by molar-refractivity contribution is 5.90. The van der Waals surface area contributed by atoms with Gasteiger partial charge in [-0.3, -0.25) is 9.78 Å². The number of fused-ring (bicyclic) bond motifs is 1. The van der Waals surface area contributed by atoms with E-state index in [0.717, 1.165) is 23.3 Å². The summed E-state index contributed by atoms with van der Waals surface area (Å²) < 4.78 is 45.4. The van der Waals surface area contributed by atoms with E-state index in [1.807, 2.05) is 23.9 Å². The number of halogens is 3. The SMILES string of the molecule is Cn1ccc2c(Oc3ccc(NC(=O)CCc4ccc(C(F)(F)F)nc4)cc3)ncnc21. The number of benzene rings is 1. The molecule has 164 valence electrons. The van der Waals surface area contributed by atoms with E-state index in [9.17, 15) is 18.0 Å². The third-order valence-corrected chi connectivity index (χ3v) is 4.73. The van der Waals surface area contributed by atoms with Crippen molar-refractivity contribution >= 4 is 22.6 Å². The number of carbonyl (C=O) groups excluding carboxylic acids is 1. The Balaban J connectivity index is 1.32. The fourth-order valence-corrected chi connectivity index (χ4v) is 3.08. The summed E-state index contributed by atoms with van der Waals surface area (Å²) in [5.41, 5.74) is 0.916. The van der Waals surface area contributed by atoms with Gasteiger partial charge in [-0.25, -0.2) is 9.97 Å². The summed E-state index contributed by atoms with van der Waals surface area (Å²) in [6.45, 7) is 0. The number of rotatable bonds is 6. The second kappa shape index (κ2) is 8.66. The van der Waals surface area contributed by atoms with Gasteiger partial charge in [-0.2, -0.15) is 13.2 Å². The van der Waals surface area contributed by atoms with E-state index in [0.29, 0.717) is 22.9 Å². The summed E-state index contributed by atoms with van der Waals surface area (Å²) in [4.78, 5) is 24.0. The van der Waals surface area contributed by atoms with Gasteiger partial charge in [0.25, 0.3) is 0 Å². The normalized spacial score (nSPS) is 11.5. The molecule has 1 amide bonds. The van der Waals surface area contributed by atoms with Crippen LogP contribution in [0.25, 0.3) is 11.0 Å². The van der Waals surface area contributed by atoms with Gasteiger partial charge in [0.1, 0.15) is 23.4 Å². The minimum Gasteiger partial charge on any atom is -0.438 e. The molecule has 0 atom stereocenters. The molecule has 0 saturated carbocycles. The summed E-state index contributed by atoms with van der Waals surface area (Å²) in [5, 5.41) is 3.53. The fourth-order valence-electron chi connectivity index (χ4n) is 3.08. The lowest BCUT2D eigenvalue weighted by atomic mass is 10.1. The van der Waals surface area contributed by atoms with Crippen LogP contribution >= 0.6 is 0 Å². The molecule has 0 unspecified atom stereocenters. The molecule has 4 rings (SSSR count). The van der Waals surface area contributed by atoms with Gasteiger partial charge < -0.3 is 14.6 Å². The molecule has 32 heavy (non-hydrogen) atoms. The summed E-state index contributed by atoms with van der Waals surface area (Å²) in [6.07, 6.45) is 0.340. The maximum absolute atomic E-state index is 12.6. The van der Waals surface area contributed by atoms with E-state index in [2.05, 4.69) is 20.3 Å². The van der Waals surface area contributed by atoms with E-state index in [4.69, 9.17) is 4.74 Å². The van der Waals surface area contributed by atoms with E-state index in [-0.39, 0.29) is 18.7 Å². The third kappa shape index (κ3) is 4.85. The minimum absolute atomic E-state index is 0.109. The lowest BCUT2D eigenvalue weighted by molar-refractivity contribution is -0.141. The van der Waals surface area contributed by atoms with Crippen LogP contribution in [-0.2, 0) is 24.4 Å². The van der Waals surface area contributed by atoms with Crippen LogP contribution in [0.2, 0.25) is 0 Å². The zero-order valence-corrected chi connectivity index (χ0v) is 16.9. The van der Waals surface area contributed by atoms with Crippen LogP contribution in [0.15, 0.2) is 61.2 Å². The Bertz CT molecular complexity index is 1240.